The molecule has 1 N–H and O–H groups in total. The van der Waals surface area contributed by atoms with Crippen LogP contribution in [0.5, 0.6) is 0 Å². The molecule has 0 bridgehead atoms. The third-order valence-corrected chi connectivity index (χ3v) is 5.40. The molecule has 1 atom stereocenters. The van der Waals surface area contributed by atoms with Gasteiger partial charge in [-0.05, 0) is 44.7 Å². The minimum Gasteiger partial charge on any atom is -0.361 e. The van der Waals surface area contributed by atoms with Crippen LogP contribution in [0.4, 0.5) is 4.79 Å². The third-order valence-electron chi connectivity index (χ3n) is 5.40. The number of aromatic nitrogens is 1. The van der Waals surface area contributed by atoms with Crippen molar-refractivity contribution in [2.75, 3.05) is 33.2 Å². The van der Waals surface area contributed by atoms with E-state index >= 15 is 0 Å². The van der Waals surface area contributed by atoms with Crippen LogP contribution >= 0.6 is 0 Å². The van der Waals surface area contributed by atoms with Crippen molar-refractivity contribution in [2.24, 2.45) is 0 Å². The van der Waals surface area contributed by atoms with Crippen LogP contribution in [0.1, 0.15) is 41.3 Å². The molecule has 0 spiro atoms. The Balaban J connectivity index is 1.43. The van der Waals surface area contributed by atoms with Gasteiger partial charge in [-0.2, -0.15) is 0 Å². The Morgan fingerprint density at radius 2 is 2.11 bits per heavy atom. The maximum absolute atomic E-state index is 12.4. The highest BCUT2D eigenvalue weighted by Crippen LogP contribution is 2.26. The summed E-state index contributed by atoms with van der Waals surface area (Å²) in [7, 11) is 1.80. The molecule has 6 heteroatoms. The van der Waals surface area contributed by atoms with E-state index in [1.165, 1.54) is 18.4 Å². The summed E-state index contributed by atoms with van der Waals surface area (Å²) in [5, 5.41) is 6.97. The number of nitrogens with zero attached hydrogens (tertiary/aromatic N) is 3. The van der Waals surface area contributed by atoms with E-state index in [2.05, 4.69) is 45.7 Å². The van der Waals surface area contributed by atoms with Crippen molar-refractivity contribution in [3.63, 3.8) is 0 Å². The molecule has 1 saturated heterocycles. The number of hydrogen-bond donors (Lipinski definition) is 1. The number of urea groups is 1. The molecular formula is C21H30N4O2. The SMILES string of the molecule is Cc1noc(C)c1CN(C)C(=O)NCCN1CCCC(c2ccccc2)C1. The number of likely N-dealkylation sites (tertiary alicyclic amines) is 1. The molecule has 0 aliphatic carbocycles. The molecule has 0 saturated carbocycles. The van der Waals surface area contributed by atoms with Gasteiger partial charge in [-0.15, -0.1) is 0 Å². The van der Waals surface area contributed by atoms with Crippen LogP contribution in [0, 0.1) is 13.8 Å². The first kappa shape index (κ1) is 19.4. The molecule has 2 aromatic rings. The number of rotatable bonds is 6. The Morgan fingerprint density at radius 3 is 2.81 bits per heavy atom. The lowest BCUT2D eigenvalue weighted by Crippen LogP contribution is -2.43. The number of nitrogens with one attached hydrogen (secondary N) is 1. The number of piperidine rings is 1. The number of hydrogen-bond acceptors (Lipinski definition) is 4. The molecule has 1 aliphatic heterocycles. The van der Waals surface area contributed by atoms with Crippen molar-refractivity contribution in [3.8, 4) is 0 Å². The van der Waals surface area contributed by atoms with Crippen LogP contribution in [-0.4, -0.2) is 54.2 Å². The Hall–Kier alpha value is -2.34. The second kappa shape index (κ2) is 9.04. The third kappa shape index (κ3) is 5.10. The fraction of sp³-hybridized carbons (Fsp3) is 0.524. The highest BCUT2D eigenvalue weighted by Gasteiger charge is 2.21. The minimum atomic E-state index is -0.0633. The average Bonchev–Trinajstić information content (AvgIpc) is 3.01. The highest BCUT2D eigenvalue weighted by molar-refractivity contribution is 5.73. The van der Waals surface area contributed by atoms with Crippen molar-refractivity contribution in [3.05, 3.63) is 52.9 Å². The van der Waals surface area contributed by atoms with Crippen molar-refractivity contribution in [2.45, 2.75) is 39.2 Å². The molecule has 146 valence electrons. The molecular weight excluding hydrogens is 340 g/mol. The smallest absolute Gasteiger partial charge is 0.317 e. The van der Waals surface area contributed by atoms with Gasteiger partial charge in [0.2, 0.25) is 0 Å². The van der Waals surface area contributed by atoms with Gasteiger partial charge in [0.05, 0.1) is 12.2 Å². The lowest BCUT2D eigenvalue weighted by Gasteiger charge is -2.33. The number of benzene rings is 1. The Morgan fingerprint density at radius 1 is 1.33 bits per heavy atom. The summed E-state index contributed by atoms with van der Waals surface area (Å²) in [4.78, 5) is 16.5. The number of carbonyl (C=O) groups excluding carboxylic acids is 1. The van der Waals surface area contributed by atoms with E-state index in [1.807, 2.05) is 13.8 Å². The van der Waals surface area contributed by atoms with Crippen molar-refractivity contribution >= 4 is 6.03 Å². The summed E-state index contributed by atoms with van der Waals surface area (Å²) in [5.74, 6) is 1.37. The molecule has 27 heavy (non-hydrogen) atoms. The van der Waals surface area contributed by atoms with Crippen LogP contribution in [0.3, 0.4) is 0 Å². The van der Waals surface area contributed by atoms with Gasteiger partial charge in [0.25, 0.3) is 0 Å². The number of aryl methyl sites for hydroxylation is 2. The van der Waals surface area contributed by atoms with Gasteiger partial charge >= 0.3 is 6.03 Å². The van der Waals surface area contributed by atoms with E-state index in [1.54, 1.807) is 11.9 Å². The summed E-state index contributed by atoms with van der Waals surface area (Å²) in [6.07, 6.45) is 2.45. The number of carbonyl (C=O) groups is 1. The molecule has 0 radical (unpaired) electrons. The van der Waals surface area contributed by atoms with E-state index in [9.17, 15) is 4.79 Å². The van der Waals surface area contributed by atoms with Gasteiger partial charge in [-0.25, -0.2) is 4.79 Å². The lowest BCUT2D eigenvalue weighted by molar-refractivity contribution is 0.192. The van der Waals surface area contributed by atoms with Gasteiger partial charge in [0, 0.05) is 32.2 Å². The van der Waals surface area contributed by atoms with Gasteiger partial charge in [-0.3, -0.25) is 0 Å². The number of amides is 2. The Kier molecular flexibility index (Phi) is 6.50. The maximum atomic E-state index is 12.4. The zero-order valence-corrected chi connectivity index (χ0v) is 16.6. The van der Waals surface area contributed by atoms with E-state index in [0.717, 1.165) is 36.7 Å². The first-order valence-electron chi connectivity index (χ1n) is 9.72. The summed E-state index contributed by atoms with van der Waals surface area (Å²) in [6, 6.07) is 10.7. The van der Waals surface area contributed by atoms with Gasteiger partial charge in [0.15, 0.2) is 0 Å². The summed E-state index contributed by atoms with van der Waals surface area (Å²) >= 11 is 0. The minimum absolute atomic E-state index is 0.0633. The zero-order valence-electron chi connectivity index (χ0n) is 16.6. The second-order valence-corrected chi connectivity index (χ2v) is 7.44. The van der Waals surface area contributed by atoms with Crippen molar-refractivity contribution in [1.82, 2.24) is 20.3 Å². The topological polar surface area (TPSA) is 61.6 Å². The normalized spacial score (nSPS) is 17.7. The van der Waals surface area contributed by atoms with Crippen molar-refractivity contribution in [1.29, 1.82) is 0 Å². The summed E-state index contributed by atoms with van der Waals surface area (Å²) < 4.78 is 5.17. The average molecular weight is 370 g/mol. The first-order valence-corrected chi connectivity index (χ1v) is 9.72. The van der Waals surface area contributed by atoms with Crippen LogP contribution in [0.2, 0.25) is 0 Å². The standard InChI is InChI=1S/C21H30N4O2/c1-16-20(17(2)27-23-16)15-24(3)21(26)22-11-13-25-12-7-10-19(14-25)18-8-5-4-6-9-18/h4-6,8-9,19H,7,10-15H2,1-3H3,(H,22,26). The zero-order chi connectivity index (χ0) is 19.2. The van der Waals surface area contributed by atoms with Crippen LogP contribution in [0.25, 0.3) is 0 Å². The summed E-state index contributed by atoms with van der Waals surface area (Å²) in [6.45, 7) is 7.99. The summed E-state index contributed by atoms with van der Waals surface area (Å²) in [5.41, 5.74) is 3.24. The van der Waals surface area contributed by atoms with Gasteiger partial charge in [0.1, 0.15) is 5.76 Å². The van der Waals surface area contributed by atoms with Crippen molar-refractivity contribution < 1.29 is 9.32 Å². The highest BCUT2D eigenvalue weighted by atomic mass is 16.5. The van der Waals surface area contributed by atoms with Crippen LogP contribution < -0.4 is 5.32 Å². The second-order valence-electron chi connectivity index (χ2n) is 7.44. The molecule has 3 rings (SSSR count). The van der Waals surface area contributed by atoms with E-state index in [4.69, 9.17) is 4.52 Å². The largest absolute Gasteiger partial charge is 0.361 e. The van der Waals surface area contributed by atoms with Gasteiger partial charge < -0.3 is 19.6 Å². The van der Waals surface area contributed by atoms with E-state index in [0.29, 0.717) is 19.0 Å². The first-order chi connectivity index (χ1) is 13.0. The quantitative estimate of drug-likeness (QED) is 0.847. The molecule has 2 amide bonds. The van der Waals surface area contributed by atoms with Crippen LogP contribution in [-0.2, 0) is 6.54 Å². The fourth-order valence-corrected chi connectivity index (χ4v) is 3.75. The van der Waals surface area contributed by atoms with E-state index < -0.39 is 0 Å². The molecule has 1 aromatic carbocycles. The predicted octanol–water partition coefficient (Wildman–Crippen LogP) is 3.31. The van der Waals surface area contributed by atoms with Crippen LogP contribution in [0.15, 0.2) is 34.9 Å². The molecule has 2 heterocycles. The monoisotopic (exact) mass is 370 g/mol. The Labute approximate surface area is 161 Å². The maximum Gasteiger partial charge on any atom is 0.317 e. The fourth-order valence-electron chi connectivity index (χ4n) is 3.75. The molecule has 6 nitrogen and oxygen atoms in total. The Bertz CT molecular complexity index is 724. The molecule has 1 aliphatic rings. The predicted molar refractivity (Wildman–Crippen MR) is 106 cm³/mol. The molecule has 1 aromatic heterocycles. The lowest BCUT2D eigenvalue weighted by atomic mass is 9.91. The molecule has 1 unspecified atom stereocenters. The van der Waals surface area contributed by atoms with Gasteiger partial charge in [-0.1, -0.05) is 35.5 Å². The molecule has 1 fully saturated rings. The van der Waals surface area contributed by atoms with E-state index in [-0.39, 0.29) is 6.03 Å².